The molecule has 6 aromatic rings. The summed E-state index contributed by atoms with van der Waals surface area (Å²) >= 11 is 0. The molecule has 54 heavy (non-hydrogen) atoms. The first-order chi connectivity index (χ1) is 25.8. The zero-order valence-corrected chi connectivity index (χ0v) is 32.8. The number of anilines is 1. The van der Waals surface area contributed by atoms with E-state index in [1.54, 1.807) is 0 Å². The van der Waals surface area contributed by atoms with E-state index in [0.717, 1.165) is 16.9 Å². The molecule has 0 amide bonds. The van der Waals surface area contributed by atoms with Gasteiger partial charge in [-0.05, 0) is 62.2 Å². The molecule has 2 aliphatic heterocycles. The van der Waals surface area contributed by atoms with Gasteiger partial charge in [0.2, 0.25) is 5.69 Å². The standard InChI is InChI=1S/C45H48N4O4S/c1-44(2)38(48(26-14-28-50)36-24-22-34-40(42(36)44)30-16-10-12-18-32(30)46(34)5)20-8-7-9-21-39-45(3,4)43-37(49(39)27-15-29-54(51,52)53)25-23-35-41(43)31-17-11-13-19-33(31)47(35)6/h7-13,16-25,50H,14-15,26-29H2,1-6H3/p+1. The second-order valence-electron chi connectivity index (χ2n) is 15.8. The molecule has 8 rings (SSSR count). The third kappa shape index (κ3) is 5.55. The van der Waals surface area contributed by atoms with Gasteiger partial charge in [0.15, 0.2) is 5.71 Å². The lowest BCUT2D eigenvalue weighted by Gasteiger charge is -2.27. The van der Waals surface area contributed by atoms with Gasteiger partial charge in [0.05, 0.1) is 11.2 Å². The SMILES string of the molecule is Cn1c2ccccc2c2c3c(ccc21)[N+](CCCS(=O)(=O)O)=C(/C=C/C=C/C=C1/N(CCCO)c2ccc4c(c2C1(C)C)c1ccccc1n4C)C3(C)C. The summed E-state index contributed by atoms with van der Waals surface area (Å²) in [7, 11) is 0.151. The van der Waals surface area contributed by atoms with Crippen LogP contribution in [0.5, 0.6) is 0 Å². The number of hydrogen-bond donors (Lipinski definition) is 2. The Morgan fingerprint density at radius 3 is 1.96 bits per heavy atom. The summed E-state index contributed by atoms with van der Waals surface area (Å²) in [6.07, 6.45) is 11.6. The van der Waals surface area contributed by atoms with E-state index >= 15 is 0 Å². The van der Waals surface area contributed by atoms with Crippen LogP contribution in [0.1, 0.15) is 51.7 Å². The maximum absolute atomic E-state index is 11.7. The van der Waals surface area contributed by atoms with E-state index in [1.807, 2.05) is 0 Å². The van der Waals surface area contributed by atoms with Gasteiger partial charge in [-0.1, -0.05) is 68.5 Å². The second-order valence-corrected chi connectivity index (χ2v) is 17.4. The predicted molar refractivity (Wildman–Crippen MR) is 223 cm³/mol. The third-order valence-electron chi connectivity index (χ3n) is 11.9. The van der Waals surface area contributed by atoms with Gasteiger partial charge in [-0.15, -0.1) is 0 Å². The molecule has 0 aliphatic carbocycles. The van der Waals surface area contributed by atoms with Gasteiger partial charge in [-0.25, -0.2) is 0 Å². The van der Waals surface area contributed by atoms with Gasteiger partial charge in [-0.2, -0.15) is 13.0 Å². The van der Waals surface area contributed by atoms with Gasteiger partial charge in [-0.3, -0.25) is 4.55 Å². The van der Waals surface area contributed by atoms with E-state index < -0.39 is 10.1 Å². The van der Waals surface area contributed by atoms with Crippen molar-refractivity contribution in [1.82, 2.24) is 9.13 Å². The molecular formula is C45H49N4O4S+. The first-order valence-corrected chi connectivity index (χ1v) is 20.4. The molecule has 0 unspecified atom stereocenters. The average Bonchev–Trinajstić information content (AvgIpc) is 3.74. The maximum atomic E-state index is 11.7. The zero-order chi connectivity index (χ0) is 38.2. The van der Waals surface area contributed by atoms with Crippen LogP contribution >= 0.6 is 0 Å². The summed E-state index contributed by atoms with van der Waals surface area (Å²) in [4.78, 5) is 2.37. The Bertz CT molecular complexity index is 2740. The molecule has 0 atom stereocenters. The van der Waals surface area contributed by atoms with E-state index in [4.69, 9.17) is 0 Å². The highest BCUT2D eigenvalue weighted by Gasteiger charge is 2.46. The highest BCUT2D eigenvalue weighted by atomic mass is 32.2. The van der Waals surface area contributed by atoms with Crippen LogP contribution in [0.4, 0.5) is 11.4 Å². The van der Waals surface area contributed by atoms with Crippen LogP contribution in [0.2, 0.25) is 0 Å². The first kappa shape index (κ1) is 36.0. The molecule has 278 valence electrons. The van der Waals surface area contributed by atoms with Crippen molar-refractivity contribution in [2.24, 2.45) is 14.1 Å². The van der Waals surface area contributed by atoms with Crippen molar-refractivity contribution in [3.63, 3.8) is 0 Å². The number of aromatic nitrogens is 2. The van der Waals surface area contributed by atoms with Crippen molar-refractivity contribution in [2.45, 2.75) is 51.4 Å². The van der Waals surface area contributed by atoms with Gasteiger partial charge in [0.1, 0.15) is 6.54 Å². The fourth-order valence-electron chi connectivity index (χ4n) is 9.46. The quantitative estimate of drug-likeness (QED) is 0.0833. The van der Waals surface area contributed by atoms with Crippen LogP contribution in [0.3, 0.4) is 0 Å². The van der Waals surface area contributed by atoms with Crippen molar-refractivity contribution in [3.05, 3.63) is 120 Å². The number of aliphatic hydroxyl groups excluding tert-OH is 1. The first-order valence-electron chi connectivity index (χ1n) is 18.8. The van der Waals surface area contributed by atoms with E-state index in [1.165, 1.54) is 60.6 Å². The number of benzene rings is 4. The molecule has 4 heterocycles. The summed E-state index contributed by atoms with van der Waals surface area (Å²) in [5.41, 5.74) is 11.1. The van der Waals surface area contributed by atoms with Crippen molar-refractivity contribution >= 4 is 70.8 Å². The molecule has 2 aliphatic rings. The van der Waals surface area contributed by atoms with Crippen LogP contribution in [-0.2, 0) is 35.0 Å². The lowest BCUT2D eigenvalue weighted by Crippen LogP contribution is -2.28. The Labute approximate surface area is 317 Å². The third-order valence-corrected chi connectivity index (χ3v) is 12.7. The number of aryl methyl sites for hydroxylation is 2. The fourth-order valence-corrected chi connectivity index (χ4v) is 9.95. The Hall–Kier alpha value is -4.96. The largest absolute Gasteiger partial charge is 0.396 e. The highest BCUT2D eigenvalue weighted by molar-refractivity contribution is 7.85. The highest BCUT2D eigenvalue weighted by Crippen LogP contribution is 2.52. The number of para-hydroxylation sites is 2. The summed E-state index contributed by atoms with van der Waals surface area (Å²) in [5, 5.41) is 14.8. The Balaban J connectivity index is 1.19. The van der Waals surface area contributed by atoms with Crippen LogP contribution in [0.15, 0.2) is 109 Å². The van der Waals surface area contributed by atoms with Gasteiger partial charge in [0, 0.05) is 112 Å². The van der Waals surface area contributed by atoms with Gasteiger partial charge in [0.25, 0.3) is 10.1 Å². The van der Waals surface area contributed by atoms with Crippen molar-refractivity contribution in [3.8, 4) is 0 Å². The minimum absolute atomic E-state index is 0.122. The van der Waals surface area contributed by atoms with Crippen LogP contribution in [0.25, 0.3) is 43.6 Å². The molecule has 2 aromatic heterocycles. The van der Waals surface area contributed by atoms with Gasteiger partial charge < -0.3 is 19.1 Å². The number of hydrogen-bond acceptors (Lipinski definition) is 4. The van der Waals surface area contributed by atoms with Crippen molar-refractivity contribution in [1.29, 1.82) is 0 Å². The Morgan fingerprint density at radius 1 is 0.722 bits per heavy atom. The molecule has 0 saturated heterocycles. The fraction of sp³-hybridized carbons (Fsp3) is 0.311. The predicted octanol–water partition coefficient (Wildman–Crippen LogP) is 8.81. The minimum Gasteiger partial charge on any atom is -0.396 e. The smallest absolute Gasteiger partial charge is 0.265 e. The summed E-state index contributed by atoms with van der Waals surface area (Å²) < 4.78 is 39.8. The van der Waals surface area contributed by atoms with E-state index in [0.29, 0.717) is 25.9 Å². The second kappa shape index (κ2) is 13.1. The lowest BCUT2D eigenvalue weighted by atomic mass is 9.79. The zero-order valence-electron chi connectivity index (χ0n) is 32.0. The number of nitrogens with zero attached hydrogens (tertiary/aromatic N) is 4. The van der Waals surface area contributed by atoms with Crippen LogP contribution < -0.4 is 4.90 Å². The molecule has 9 heteroatoms. The number of rotatable bonds is 10. The average molecular weight is 742 g/mol. The Kier molecular flexibility index (Phi) is 8.75. The van der Waals surface area contributed by atoms with Crippen molar-refractivity contribution in [2.75, 3.05) is 30.3 Å². The topological polar surface area (TPSA) is 90.7 Å². The normalized spacial score (nSPS) is 17.6. The van der Waals surface area contributed by atoms with E-state index in [2.05, 4.69) is 164 Å². The molecule has 4 aromatic carbocycles. The van der Waals surface area contributed by atoms with Crippen molar-refractivity contribution < 1.29 is 22.7 Å². The van der Waals surface area contributed by atoms with Gasteiger partial charge >= 0.3 is 0 Å². The molecule has 0 spiro atoms. The van der Waals surface area contributed by atoms with E-state index in [-0.39, 0.29) is 23.2 Å². The maximum Gasteiger partial charge on any atom is 0.265 e. The summed E-state index contributed by atoms with van der Waals surface area (Å²) in [5.74, 6) is -0.295. The number of allylic oxidation sites excluding steroid dienone is 6. The molecule has 0 radical (unpaired) electrons. The molecule has 0 bridgehead atoms. The molecule has 0 saturated carbocycles. The number of fused-ring (bicyclic) bond motifs is 10. The molecule has 0 fully saturated rings. The minimum atomic E-state index is -4.09. The molecule has 2 N–H and O–H groups in total. The van der Waals surface area contributed by atoms with Crippen LogP contribution in [-0.4, -0.2) is 62.9 Å². The summed E-state index contributed by atoms with van der Waals surface area (Å²) in [6, 6.07) is 25.9. The lowest BCUT2D eigenvalue weighted by molar-refractivity contribution is -0.437. The molecule has 8 nitrogen and oxygen atoms in total. The van der Waals surface area contributed by atoms with Crippen LogP contribution in [0, 0.1) is 0 Å². The summed E-state index contributed by atoms with van der Waals surface area (Å²) in [6.45, 7) is 10.4. The Morgan fingerprint density at radius 2 is 1.33 bits per heavy atom. The van der Waals surface area contributed by atoms with E-state index in [9.17, 15) is 18.1 Å². The number of aliphatic hydroxyl groups is 1. The monoisotopic (exact) mass is 741 g/mol. The molecular weight excluding hydrogens is 693 g/mol.